The van der Waals surface area contributed by atoms with Crippen LogP contribution in [0.2, 0.25) is 0 Å². The van der Waals surface area contributed by atoms with Gasteiger partial charge in [0, 0.05) is 28.0 Å². The van der Waals surface area contributed by atoms with Crippen molar-refractivity contribution in [3.63, 3.8) is 0 Å². The van der Waals surface area contributed by atoms with E-state index in [-0.39, 0.29) is 0 Å². The number of rotatable bonds is 4. The minimum atomic E-state index is 0.652. The maximum absolute atomic E-state index is 10.5. The van der Waals surface area contributed by atoms with E-state index in [4.69, 9.17) is 4.74 Å². The number of anilines is 1. The van der Waals surface area contributed by atoms with E-state index in [1.165, 1.54) is 0 Å². The van der Waals surface area contributed by atoms with E-state index in [0.717, 1.165) is 33.2 Å². The summed E-state index contributed by atoms with van der Waals surface area (Å²) in [5.41, 5.74) is 2.80. The zero-order chi connectivity index (χ0) is 13.2. The topological polar surface area (TPSA) is 54.1 Å². The SMILES string of the molecule is CCOc1ccc2c(c1)[nH]c1cc(NC=O)ccc12. The number of carbonyl (C=O) groups is 1. The third kappa shape index (κ3) is 2.01. The number of ether oxygens (including phenoxy) is 1. The molecule has 0 radical (unpaired) electrons. The molecule has 0 unspecified atom stereocenters. The lowest BCUT2D eigenvalue weighted by molar-refractivity contribution is -0.105. The fourth-order valence-corrected chi connectivity index (χ4v) is 2.30. The highest BCUT2D eigenvalue weighted by Crippen LogP contribution is 2.29. The Morgan fingerprint density at radius 1 is 1.16 bits per heavy atom. The fourth-order valence-electron chi connectivity index (χ4n) is 2.30. The van der Waals surface area contributed by atoms with Crippen LogP contribution >= 0.6 is 0 Å². The third-order valence-electron chi connectivity index (χ3n) is 3.11. The highest BCUT2D eigenvalue weighted by Gasteiger charge is 2.06. The van der Waals surface area contributed by atoms with Crippen LogP contribution in [-0.2, 0) is 4.79 Å². The lowest BCUT2D eigenvalue weighted by Crippen LogP contribution is -1.92. The number of nitrogens with one attached hydrogen (secondary N) is 2. The van der Waals surface area contributed by atoms with E-state index in [1.807, 2.05) is 43.3 Å². The number of hydrogen-bond acceptors (Lipinski definition) is 2. The van der Waals surface area contributed by atoms with E-state index >= 15 is 0 Å². The quantitative estimate of drug-likeness (QED) is 0.702. The Morgan fingerprint density at radius 3 is 2.63 bits per heavy atom. The summed E-state index contributed by atoms with van der Waals surface area (Å²) in [6, 6.07) is 11.8. The predicted octanol–water partition coefficient (Wildman–Crippen LogP) is 3.29. The zero-order valence-electron chi connectivity index (χ0n) is 10.6. The number of carbonyl (C=O) groups excluding carboxylic acids is 1. The second-order valence-electron chi connectivity index (χ2n) is 4.29. The summed E-state index contributed by atoms with van der Waals surface area (Å²) in [5, 5.41) is 4.93. The average molecular weight is 254 g/mol. The molecule has 0 aliphatic carbocycles. The van der Waals surface area contributed by atoms with Crippen LogP contribution in [0.25, 0.3) is 21.8 Å². The molecule has 2 N–H and O–H groups in total. The van der Waals surface area contributed by atoms with Crippen LogP contribution in [0.15, 0.2) is 36.4 Å². The molecule has 1 amide bonds. The summed E-state index contributed by atoms with van der Waals surface area (Å²) >= 11 is 0. The second-order valence-corrected chi connectivity index (χ2v) is 4.29. The molecule has 0 saturated carbocycles. The number of aromatic nitrogens is 1. The number of benzene rings is 2. The molecular formula is C15H14N2O2. The molecule has 3 aromatic rings. The largest absolute Gasteiger partial charge is 0.494 e. The van der Waals surface area contributed by atoms with Gasteiger partial charge in [-0.1, -0.05) is 6.07 Å². The Balaban J connectivity index is 2.16. The van der Waals surface area contributed by atoms with Crippen LogP contribution < -0.4 is 10.1 Å². The van der Waals surface area contributed by atoms with Crippen molar-refractivity contribution in [3.05, 3.63) is 36.4 Å². The summed E-state index contributed by atoms with van der Waals surface area (Å²) in [7, 11) is 0. The van der Waals surface area contributed by atoms with Crippen LogP contribution in [0.1, 0.15) is 6.92 Å². The summed E-state index contributed by atoms with van der Waals surface area (Å²) in [6.07, 6.45) is 0.678. The molecule has 0 bridgehead atoms. The van der Waals surface area contributed by atoms with Crippen LogP contribution in [0.4, 0.5) is 5.69 Å². The van der Waals surface area contributed by atoms with Gasteiger partial charge in [0.05, 0.1) is 12.1 Å². The van der Waals surface area contributed by atoms with Crippen molar-refractivity contribution in [2.75, 3.05) is 11.9 Å². The van der Waals surface area contributed by atoms with Crippen LogP contribution in [0, 0.1) is 0 Å². The van der Waals surface area contributed by atoms with Crippen LogP contribution in [0.3, 0.4) is 0 Å². The number of amides is 1. The molecule has 19 heavy (non-hydrogen) atoms. The fraction of sp³-hybridized carbons (Fsp3) is 0.133. The van der Waals surface area contributed by atoms with Gasteiger partial charge in [0.2, 0.25) is 6.41 Å². The Bertz CT molecular complexity index is 746. The van der Waals surface area contributed by atoms with Crippen molar-refractivity contribution in [1.82, 2.24) is 4.98 Å². The van der Waals surface area contributed by atoms with Gasteiger partial charge in [-0.2, -0.15) is 0 Å². The van der Waals surface area contributed by atoms with E-state index in [0.29, 0.717) is 13.0 Å². The zero-order valence-corrected chi connectivity index (χ0v) is 10.6. The highest BCUT2D eigenvalue weighted by molar-refractivity contribution is 6.08. The number of aromatic amines is 1. The first-order valence-electron chi connectivity index (χ1n) is 6.20. The molecule has 4 heteroatoms. The maximum atomic E-state index is 10.5. The van der Waals surface area contributed by atoms with Gasteiger partial charge in [-0.25, -0.2) is 0 Å². The Labute approximate surface area is 110 Å². The van der Waals surface area contributed by atoms with Gasteiger partial charge in [0.25, 0.3) is 0 Å². The van der Waals surface area contributed by atoms with Gasteiger partial charge in [-0.15, -0.1) is 0 Å². The molecule has 1 heterocycles. The minimum absolute atomic E-state index is 0.652. The molecule has 96 valence electrons. The summed E-state index contributed by atoms with van der Waals surface area (Å²) in [6.45, 7) is 2.62. The van der Waals surface area contributed by atoms with Gasteiger partial charge >= 0.3 is 0 Å². The Hall–Kier alpha value is -2.49. The number of hydrogen-bond donors (Lipinski definition) is 2. The number of fused-ring (bicyclic) bond motifs is 3. The van der Waals surface area contributed by atoms with E-state index in [9.17, 15) is 4.79 Å². The Morgan fingerprint density at radius 2 is 1.89 bits per heavy atom. The second kappa shape index (κ2) is 4.65. The minimum Gasteiger partial charge on any atom is -0.494 e. The number of H-pyrrole nitrogens is 1. The van der Waals surface area contributed by atoms with Gasteiger partial charge in [-0.3, -0.25) is 4.79 Å². The lowest BCUT2D eigenvalue weighted by Gasteiger charge is -2.01. The van der Waals surface area contributed by atoms with Crippen molar-refractivity contribution in [2.45, 2.75) is 6.92 Å². The molecule has 1 aromatic heterocycles. The van der Waals surface area contributed by atoms with Gasteiger partial charge in [-0.05, 0) is 31.2 Å². The van der Waals surface area contributed by atoms with Crippen molar-refractivity contribution >= 4 is 33.9 Å². The first-order valence-corrected chi connectivity index (χ1v) is 6.20. The molecule has 3 rings (SSSR count). The van der Waals surface area contributed by atoms with Crippen molar-refractivity contribution in [2.24, 2.45) is 0 Å². The molecule has 4 nitrogen and oxygen atoms in total. The first kappa shape index (κ1) is 11.6. The third-order valence-corrected chi connectivity index (χ3v) is 3.11. The van der Waals surface area contributed by atoms with Gasteiger partial charge in [0.15, 0.2) is 0 Å². The lowest BCUT2D eigenvalue weighted by atomic mass is 10.1. The molecule has 0 saturated heterocycles. The van der Waals surface area contributed by atoms with Crippen molar-refractivity contribution in [3.8, 4) is 5.75 Å². The van der Waals surface area contributed by atoms with Crippen molar-refractivity contribution < 1.29 is 9.53 Å². The van der Waals surface area contributed by atoms with Crippen molar-refractivity contribution in [1.29, 1.82) is 0 Å². The first-order chi connectivity index (χ1) is 9.31. The predicted molar refractivity (Wildman–Crippen MR) is 76.7 cm³/mol. The highest BCUT2D eigenvalue weighted by atomic mass is 16.5. The summed E-state index contributed by atoms with van der Waals surface area (Å²) < 4.78 is 5.49. The standard InChI is InChI=1S/C15H14N2O2/c1-2-19-11-4-6-13-12-5-3-10(16-9-18)7-14(12)17-15(13)8-11/h3-9,17H,2H2,1H3,(H,16,18). The average Bonchev–Trinajstić information content (AvgIpc) is 2.76. The smallest absolute Gasteiger partial charge is 0.211 e. The molecule has 0 aliphatic rings. The Kier molecular flexibility index (Phi) is 2.83. The monoisotopic (exact) mass is 254 g/mol. The molecule has 0 fully saturated rings. The van der Waals surface area contributed by atoms with E-state index in [1.54, 1.807) is 0 Å². The maximum Gasteiger partial charge on any atom is 0.211 e. The normalized spacial score (nSPS) is 10.8. The molecule has 2 aromatic carbocycles. The summed E-state index contributed by atoms with van der Waals surface area (Å²) in [5.74, 6) is 0.854. The van der Waals surface area contributed by atoms with E-state index < -0.39 is 0 Å². The molecular weight excluding hydrogens is 240 g/mol. The van der Waals surface area contributed by atoms with Gasteiger partial charge < -0.3 is 15.0 Å². The van der Waals surface area contributed by atoms with Crippen LogP contribution in [-0.4, -0.2) is 18.0 Å². The molecule has 0 atom stereocenters. The molecule has 0 aliphatic heterocycles. The van der Waals surface area contributed by atoms with Crippen LogP contribution in [0.5, 0.6) is 5.75 Å². The summed E-state index contributed by atoms with van der Waals surface area (Å²) in [4.78, 5) is 13.8. The molecule has 0 spiro atoms. The van der Waals surface area contributed by atoms with Gasteiger partial charge in [0.1, 0.15) is 5.75 Å². The van der Waals surface area contributed by atoms with E-state index in [2.05, 4.69) is 10.3 Å².